The molecule has 5 rings (SSSR count). The number of carbonyl (C=O) groups excluding carboxylic acids is 1. The van der Waals surface area contributed by atoms with Gasteiger partial charge in [0.05, 0.1) is 17.4 Å². The number of hydrogen-bond donors (Lipinski definition) is 2. The quantitative estimate of drug-likeness (QED) is 0.189. The first-order valence-electron chi connectivity index (χ1n) is 13.1. The number of carbonyl (C=O) groups is 1. The number of nitrogens with one attached hydrogen (secondary N) is 2. The Morgan fingerprint density at radius 3 is 2.80 bits per heavy atom. The van der Waals surface area contributed by atoms with Crippen molar-refractivity contribution in [2.24, 2.45) is 7.05 Å². The van der Waals surface area contributed by atoms with Crippen LogP contribution in [0.25, 0.3) is 16.9 Å². The van der Waals surface area contributed by atoms with Gasteiger partial charge in [-0.05, 0) is 54.9 Å². The number of unbranched alkanes of at least 4 members (excludes halogenated alkanes) is 1. The molecule has 212 valence electrons. The van der Waals surface area contributed by atoms with E-state index in [4.69, 9.17) is 9.47 Å². The van der Waals surface area contributed by atoms with Crippen molar-refractivity contribution in [3.05, 3.63) is 84.4 Å². The van der Waals surface area contributed by atoms with Crippen molar-refractivity contribution in [1.82, 2.24) is 29.7 Å². The Morgan fingerprint density at radius 2 is 1.98 bits per heavy atom. The maximum Gasteiger partial charge on any atom is 0.387 e. The number of rotatable bonds is 12. The lowest BCUT2D eigenvalue weighted by Gasteiger charge is -2.14. The van der Waals surface area contributed by atoms with Gasteiger partial charge in [0.1, 0.15) is 28.5 Å². The van der Waals surface area contributed by atoms with Gasteiger partial charge in [0.15, 0.2) is 5.65 Å². The van der Waals surface area contributed by atoms with Gasteiger partial charge >= 0.3 is 6.61 Å². The van der Waals surface area contributed by atoms with E-state index >= 15 is 0 Å². The summed E-state index contributed by atoms with van der Waals surface area (Å²) in [7, 11) is 1.66. The first kappa shape index (κ1) is 27.7. The van der Waals surface area contributed by atoms with Crippen molar-refractivity contribution in [3.8, 4) is 28.5 Å². The number of aryl methyl sites for hydroxylation is 1. The van der Waals surface area contributed by atoms with Crippen LogP contribution in [0.5, 0.6) is 17.2 Å². The van der Waals surface area contributed by atoms with Gasteiger partial charge in [-0.3, -0.25) is 9.48 Å². The molecule has 0 bridgehead atoms. The molecule has 0 fully saturated rings. The SMILES string of the molecule is CCCCNCc1cccc(Oc2ccc(OC(F)F)c(-c3nn(C)cc3NC(=O)c3cnn4cccnc34)c2)c1. The van der Waals surface area contributed by atoms with Crippen LogP contribution in [-0.4, -0.2) is 43.4 Å². The van der Waals surface area contributed by atoms with E-state index < -0.39 is 12.5 Å². The molecule has 41 heavy (non-hydrogen) atoms. The minimum atomic E-state index is -3.07. The average molecular weight is 562 g/mol. The van der Waals surface area contributed by atoms with E-state index in [2.05, 4.69) is 32.7 Å². The second-order valence-electron chi connectivity index (χ2n) is 9.28. The van der Waals surface area contributed by atoms with Crippen LogP contribution in [0.3, 0.4) is 0 Å². The maximum absolute atomic E-state index is 13.3. The Balaban J connectivity index is 1.43. The van der Waals surface area contributed by atoms with Crippen molar-refractivity contribution < 1.29 is 23.0 Å². The number of halogens is 2. The molecule has 2 N–H and O–H groups in total. The van der Waals surface area contributed by atoms with Crippen LogP contribution in [-0.2, 0) is 13.6 Å². The lowest BCUT2D eigenvalue weighted by molar-refractivity contribution is -0.0494. The van der Waals surface area contributed by atoms with E-state index in [1.165, 1.54) is 21.5 Å². The fourth-order valence-electron chi connectivity index (χ4n) is 4.30. The third-order valence-corrected chi connectivity index (χ3v) is 6.19. The van der Waals surface area contributed by atoms with Crippen LogP contribution in [0.15, 0.2) is 73.3 Å². The molecule has 0 aliphatic carbocycles. The highest BCUT2D eigenvalue weighted by Gasteiger charge is 2.22. The van der Waals surface area contributed by atoms with Gasteiger partial charge in [-0.1, -0.05) is 25.5 Å². The summed E-state index contributed by atoms with van der Waals surface area (Å²) >= 11 is 0. The highest BCUT2D eigenvalue weighted by atomic mass is 19.3. The van der Waals surface area contributed by atoms with Crippen LogP contribution in [0.4, 0.5) is 14.5 Å². The van der Waals surface area contributed by atoms with E-state index in [9.17, 15) is 13.6 Å². The van der Waals surface area contributed by atoms with E-state index in [1.807, 2.05) is 24.3 Å². The highest BCUT2D eigenvalue weighted by Crippen LogP contribution is 2.38. The van der Waals surface area contributed by atoms with Crippen LogP contribution in [0.2, 0.25) is 0 Å². The predicted octanol–water partition coefficient (Wildman–Crippen LogP) is 5.67. The Hall–Kier alpha value is -4.84. The minimum absolute atomic E-state index is 0.118. The second-order valence-corrected chi connectivity index (χ2v) is 9.28. The molecule has 0 radical (unpaired) electrons. The normalized spacial score (nSPS) is 11.2. The lowest BCUT2D eigenvalue weighted by Crippen LogP contribution is -2.14. The lowest BCUT2D eigenvalue weighted by atomic mass is 10.1. The Bertz CT molecular complexity index is 1650. The number of aromatic nitrogens is 5. The first-order chi connectivity index (χ1) is 19.9. The molecule has 0 atom stereocenters. The fourth-order valence-corrected chi connectivity index (χ4v) is 4.30. The van der Waals surface area contributed by atoms with Crippen molar-refractivity contribution in [2.75, 3.05) is 11.9 Å². The molecule has 3 aromatic heterocycles. The standard InChI is InChI=1S/C29H29F2N7O3/c1-3-4-11-32-16-19-7-5-8-20(14-19)40-21-9-10-25(41-29(30)31)22(15-21)26-24(18-37(2)36-26)35-28(39)23-17-34-38-13-6-12-33-27(23)38/h5-10,12-15,17-18,29,32H,3-4,11,16H2,1-2H3,(H,35,39). The Labute approximate surface area is 234 Å². The number of hydrogen-bond acceptors (Lipinski definition) is 7. The number of ether oxygens (including phenoxy) is 2. The number of fused-ring (bicyclic) bond motifs is 1. The number of alkyl halides is 2. The minimum Gasteiger partial charge on any atom is -0.457 e. The molecule has 12 heteroatoms. The van der Waals surface area contributed by atoms with Crippen molar-refractivity contribution in [3.63, 3.8) is 0 Å². The Kier molecular flexibility index (Phi) is 8.49. The van der Waals surface area contributed by atoms with Crippen molar-refractivity contribution in [1.29, 1.82) is 0 Å². The van der Waals surface area contributed by atoms with Crippen LogP contribution >= 0.6 is 0 Å². The molecule has 10 nitrogen and oxygen atoms in total. The second kappa shape index (κ2) is 12.6. The molecule has 0 spiro atoms. The molecule has 0 aliphatic heterocycles. The van der Waals surface area contributed by atoms with Gasteiger partial charge in [0, 0.05) is 32.2 Å². The number of amides is 1. The van der Waals surface area contributed by atoms with Gasteiger partial charge < -0.3 is 20.1 Å². The third-order valence-electron chi connectivity index (χ3n) is 6.19. The molecule has 0 saturated heterocycles. The highest BCUT2D eigenvalue weighted by molar-refractivity contribution is 6.09. The molecule has 2 aromatic carbocycles. The summed E-state index contributed by atoms with van der Waals surface area (Å²) in [5, 5.41) is 14.8. The van der Waals surface area contributed by atoms with Crippen molar-refractivity contribution >= 4 is 17.2 Å². The van der Waals surface area contributed by atoms with Crippen LogP contribution in [0.1, 0.15) is 35.7 Å². The third kappa shape index (κ3) is 6.67. The molecule has 5 aromatic rings. The van der Waals surface area contributed by atoms with Gasteiger partial charge in [0.2, 0.25) is 0 Å². The van der Waals surface area contributed by atoms with E-state index in [1.54, 1.807) is 43.8 Å². The van der Waals surface area contributed by atoms with Gasteiger partial charge in [-0.25, -0.2) is 9.50 Å². The van der Waals surface area contributed by atoms with E-state index in [-0.39, 0.29) is 28.3 Å². The molecule has 0 saturated carbocycles. The van der Waals surface area contributed by atoms with Crippen LogP contribution < -0.4 is 20.1 Å². The number of nitrogens with zero attached hydrogens (tertiary/aromatic N) is 5. The van der Waals surface area contributed by atoms with E-state index in [0.29, 0.717) is 23.7 Å². The summed E-state index contributed by atoms with van der Waals surface area (Å²) in [4.78, 5) is 17.4. The van der Waals surface area contributed by atoms with Crippen molar-refractivity contribution in [2.45, 2.75) is 32.9 Å². The molecule has 0 unspecified atom stereocenters. The summed E-state index contributed by atoms with van der Waals surface area (Å²) in [6.45, 7) is 0.697. The maximum atomic E-state index is 13.3. The zero-order valence-corrected chi connectivity index (χ0v) is 22.6. The summed E-state index contributed by atoms with van der Waals surface area (Å²) in [6.07, 6.45) is 8.41. The topological polar surface area (TPSA) is 108 Å². The number of benzene rings is 2. The predicted molar refractivity (Wildman–Crippen MR) is 149 cm³/mol. The summed E-state index contributed by atoms with van der Waals surface area (Å²) < 4.78 is 40.5. The fraction of sp³-hybridized carbons (Fsp3) is 0.241. The molecule has 1 amide bonds. The number of anilines is 1. The zero-order valence-electron chi connectivity index (χ0n) is 22.6. The largest absolute Gasteiger partial charge is 0.457 e. The first-order valence-corrected chi connectivity index (χ1v) is 13.1. The van der Waals surface area contributed by atoms with Gasteiger partial charge in [-0.2, -0.15) is 19.0 Å². The molecular formula is C29H29F2N7O3. The Morgan fingerprint density at radius 1 is 1.12 bits per heavy atom. The summed E-state index contributed by atoms with van der Waals surface area (Å²) in [6, 6.07) is 13.8. The summed E-state index contributed by atoms with van der Waals surface area (Å²) in [5.74, 6) is 0.366. The molecule has 3 heterocycles. The zero-order chi connectivity index (χ0) is 28.8. The molecule has 0 aliphatic rings. The average Bonchev–Trinajstić information content (AvgIpc) is 3.55. The summed E-state index contributed by atoms with van der Waals surface area (Å²) in [5.41, 5.74) is 2.38. The smallest absolute Gasteiger partial charge is 0.387 e. The van der Waals surface area contributed by atoms with Crippen LogP contribution in [0, 0.1) is 0 Å². The van der Waals surface area contributed by atoms with E-state index in [0.717, 1.165) is 24.9 Å². The molecular weight excluding hydrogens is 532 g/mol. The monoisotopic (exact) mass is 561 g/mol. The van der Waals surface area contributed by atoms with Gasteiger partial charge in [0.25, 0.3) is 5.91 Å². The van der Waals surface area contributed by atoms with Gasteiger partial charge in [-0.15, -0.1) is 0 Å².